The van der Waals surface area contributed by atoms with Crippen molar-refractivity contribution in [1.82, 2.24) is 14.9 Å². The van der Waals surface area contributed by atoms with Gasteiger partial charge in [0.25, 0.3) is 0 Å². The predicted molar refractivity (Wildman–Crippen MR) is 71.6 cm³/mol. The van der Waals surface area contributed by atoms with Gasteiger partial charge in [0.1, 0.15) is 5.75 Å². The van der Waals surface area contributed by atoms with Gasteiger partial charge in [-0.1, -0.05) is 18.2 Å². The minimum absolute atomic E-state index is 0.226. The molecule has 6 heteroatoms. The molecule has 0 unspecified atom stereocenters. The number of benzene rings is 1. The second-order valence-corrected chi connectivity index (χ2v) is 4.32. The lowest BCUT2D eigenvalue weighted by molar-refractivity contribution is -0.0504. The molecule has 1 aromatic carbocycles. The highest BCUT2D eigenvalue weighted by molar-refractivity contribution is 5.33. The smallest absolute Gasteiger partial charge is 0.387 e. The molecule has 4 nitrogen and oxygen atoms in total. The summed E-state index contributed by atoms with van der Waals surface area (Å²) in [4.78, 5) is 3.96. The summed E-state index contributed by atoms with van der Waals surface area (Å²) in [6.07, 6.45) is 6.36. The molecule has 0 spiro atoms. The number of aromatic nitrogens is 2. The fourth-order valence-electron chi connectivity index (χ4n) is 1.89. The summed E-state index contributed by atoms with van der Waals surface area (Å²) in [5.41, 5.74) is 0.732. The molecule has 1 N–H and O–H groups in total. The molecule has 0 fully saturated rings. The molecule has 0 amide bonds. The number of imidazole rings is 1. The number of hydrogen-bond acceptors (Lipinski definition) is 3. The topological polar surface area (TPSA) is 39.1 Å². The zero-order valence-corrected chi connectivity index (χ0v) is 11.0. The van der Waals surface area contributed by atoms with Crippen molar-refractivity contribution in [3.63, 3.8) is 0 Å². The number of ether oxygens (including phenoxy) is 1. The monoisotopic (exact) mass is 281 g/mol. The number of halogens is 2. The normalized spacial score (nSPS) is 10.9. The van der Waals surface area contributed by atoms with Crippen LogP contribution in [0.5, 0.6) is 5.75 Å². The van der Waals surface area contributed by atoms with Gasteiger partial charge in [0.15, 0.2) is 0 Å². The van der Waals surface area contributed by atoms with Crippen molar-refractivity contribution < 1.29 is 13.5 Å². The Morgan fingerprint density at radius 1 is 1.30 bits per heavy atom. The van der Waals surface area contributed by atoms with Gasteiger partial charge in [-0.05, 0) is 19.0 Å². The lowest BCUT2D eigenvalue weighted by atomic mass is 10.2. The Hall–Kier alpha value is -1.95. The highest BCUT2D eigenvalue weighted by Crippen LogP contribution is 2.19. The third kappa shape index (κ3) is 4.62. The first-order chi connectivity index (χ1) is 9.75. The van der Waals surface area contributed by atoms with Gasteiger partial charge in [-0.15, -0.1) is 0 Å². The van der Waals surface area contributed by atoms with E-state index in [0.29, 0.717) is 6.54 Å². The van der Waals surface area contributed by atoms with Crippen LogP contribution in [0.15, 0.2) is 43.0 Å². The number of para-hydroxylation sites is 1. The number of hydrogen-bond donors (Lipinski definition) is 1. The summed E-state index contributed by atoms with van der Waals surface area (Å²) in [6.45, 7) is -0.617. The van der Waals surface area contributed by atoms with Crippen LogP contribution in [-0.2, 0) is 13.1 Å². The summed E-state index contributed by atoms with van der Waals surface area (Å²) in [6, 6.07) is 6.82. The van der Waals surface area contributed by atoms with Gasteiger partial charge < -0.3 is 14.6 Å². The van der Waals surface area contributed by atoms with E-state index in [1.807, 2.05) is 10.8 Å². The van der Waals surface area contributed by atoms with E-state index in [1.165, 1.54) is 0 Å². The Balaban J connectivity index is 1.73. The standard InChI is InChI=1S/C14H17F2N3O/c15-14(16)20-13-5-2-1-4-12(13)10-17-6-3-8-19-9-7-18-11-19/h1-2,4-5,7,9,11,14,17H,3,6,8,10H2. The highest BCUT2D eigenvalue weighted by Gasteiger charge is 2.08. The Morgan fingerprint density at radius 2 is 2.15 bits per heavy atom. The zero-order chi connectivity index (χ0) is 14.2. The Bertz CT molecular complexity index is 503. The fourth-order valence-corrected chi connectivity index (χ4v) is 1.89. The average molecular weight is 281 g/mol. The molecule has 0 atom stereocenters. The number of alkyl halides is 2. The molecule has 108 valence electrons. The van der Waals surface area contributed by atoms with E-state index < -0.39 is 6.61 Å². The van der Waals surface area contributed by atoms with Crippen LogP contribution in [0.1, 0.15) is 12.0 Å². The van der Waals surface area contributed by atoms with Crippen LogP contribution < -0.4 is 10.1 Å². The minimum atomic E-state index is -2.79. The molecule has 1 heterocycles. The molecule has 0 aliphatic rings. The van der Waals surface area contributed by atoms with E-state index >= 15 is 0 Å². The number of nitrogens with zero attached hydrogens (tertiary/aromatic N) is 2. The fraction of sp³-hybridized carbons (Fsp3) is 0.357. The van der Waals surface area contributed by atoms with Crippen LogP contribution in [0.3, 0.4) is 0 Å². The molecule has 0 aliphatic carbocycles. The van der Waals surface area contributed by atoms with Crippen LogP contribution in [0, 0.1) is 0 Å². The van der Waals surface area contributed by atoms with Crippen molar-refractivity contribution in [2.45, 2.75) is 26.1 Å². The minimum Gasteiger partial charge on any atom is -0.434 e. The van der Waals surface area contributed by atoms with Crippen molar-refractivity contribution in [2.24, 2.45) is 0 Å². The van der Waals surface area contributed by atoms with Crippen molar-refractivity contribution >= 4 is 0 Å². The van der Waals surface area contributed by atoms with Crippen molar-refractivity contribution in [3.8, 4) is 5.75 Å². The molecule has 2 rings (SSSR count). The second-order valence-electron chi connectivity index (χ2n) is 4.32. The largest absolute Gasteiger partial charge is 0.434 e. The van der Waals surface area contributed by atoms with E-state index in [0.717, 1.165) is 25.1 Å². The number of nitrogens with one attached hydrogen (secondary N) is 1. The van der Waals surface area contributed by atoms with Gasteiger partial charge in [0, 0.05) is 31.0 Å². The molecular weight excluding hydrogens is 264 g/mol. The van der Waals surface area contributed by atoms with Gasteiger partial charge in [-0.2, -0.15) is 8.78 Å². The lowest BCUT2D eigenvalue weighted by Crippen LogP contribution is -2.17. The van der Waals surface area contributed by atoms with Gasteiger partial charge in [0.2, 0.25) is 0 Å². The van der Waals surface area contributed by atoms with Gasteiger partial charge in [0.05, 0.1) is 6.33 Å². The van der Waals surface area contributed by atoms with Crippen LogP contribution in [-0.4, -0.2) is 22.7 Å². The summed E-state index contributed by atoms with van der Waals surface area (Å²) >= 11 is 0. The number of aryl methyl sites for hydroxylation is 1. The first-order valence-electron chi connectivity index (χ1n) is 6.45. The quantitative estimate of drug-likeness (QED) is 0.756. The second kappa shape index (κ2) is 7.59. The summed E-state index contributed by atoms with van der Waals surface area (Å²) in [5.74, 6) is 0.226. The maximum atomic E-state index is 12.2. The zero-order valence-electron chi connectivity index (χ0n) is 11.0. The SMILES string of the molecule is FC(F)Oc1ccccc1CNCCCn1ccnc1. The van der Waals surface area contributed by atoms with E-state index in [4.69, 9.17) is 0 Å². The lowest BCUT2D eigenvalue weighted by Gasteiger charge is -2.11. The Morgan fingerprint density at radius 3 is 2.90 bits per heavy atom. The molecule has 1 aromatic heterocycles. The Kier molecular flexibility index (Phi) is 5.49. The van der Waals surface area contributed by atoms with Crippen LogP contribution >= 0.6 is 0 Å². The van der Waals surface area contributed by atoms with E-state index in [-0.39, 0.29) is 5.75 Å². The maximum Gasteiger partial charge on any atom is 0.387 e. The number of rotatable bonds is 8. The van der Waals surface area contributed by atoms with E-state index in [2.05, 4.69) is 15.0 Å². The summed E-state index contributed by atoms with van der Waals surface area (Å²) in [5, 5.41) is 3.22. The molecule has 0 radical (unpaired) electrons. The Labute approximate surface area is 116 Å². The van der Waals surface area contributed by atoms with Crippen LogP contribution in [0.2, 0.25) is 0 Å². The van der Waals surface area contributed by atoms with E-state index in [1.54, 1.807) is 36.8 Å². The third-order valence-corrected chi connectivity index (χ3v) is 2.83. The van der Waals surface area contributed by atoms with Crippen molar-refractivity contribution in [1.29, 1.82) is 0 Å². The summed E-state index contributed by atoms with van der Waals surface area (Å²) < 4.78 is 31.0. The van der Waals surface area contributed by atoms with Gasteiger partial charge >= 0.3 is 6.61 Å². The molecule has 0 saturated heterocycles. The highest BCUT2D eigenvalue weighted by atomic mass is 19.3. The maximum absolute atomic E-state index is 12.2. The van der Waals surface area contributed by atoms with Gasteiger partial charge in [-0.3, -0.25) is 0 Å². The molecular formula is C14H17F2N3O. The first kappa shape index (κ1) is 14.5. The molecule has 2 aromatic rings. The third-order valence-electron chi connectivity index (χ3n) is 2.83. The molecule has 0 saturated carbocycles. The average Bonchev–Trinajstić information content (AvgIpc) is 2.93. The molecule has 0 aliphatic heterocycles. The van der Waals surface area contributed by atoms with Gasteiger partial charge in [-0.25, -0.2) is 4.98 Å². The predicted octanol–water partition coefficient (Wildman–Crippen LogP) is 2.66. The van der Waals surface area contributed by atoms with Crippen LogP contribution in [0.25, 0.3) is 0 Å². The summed E-state index contributed by atoms with van der Waals surface area (Å²) in [7, 11) is 0. The molecule has 20 heavy (non-hydrogen) atoms. The van der Waals surface area contributed by atoms with E-state index in [9.17, 15) is 8.78 Å². The van der Waals surface area contributed by atoms with Crippen molar-refractivity contribution in [2.75, 3.05) is 6.54 Å². The van der Waals surface area contributed by atoms with Crippen molar-refractivity contribution in [3.05, 3.63) is 48.5 Å². The first-order valence-corrected chi connectivity index (χ1v) is 6.45. The molecule has 0 bridgehead atoms. The van der Waals surface area contributed by atoms with Crippen LogP contribution in [0.4, 0.5) is 8.78 Å².